The molecule has 2 aliphatic heterocycles. The number of anilines is 1. The lowest BCUT2D eigenvalue weighted by atomic mass is 10.1. The van der Waals surface area contributed by atoms with Gasteiger partial charge in [0.25, 0.3) is 11.8 Å². The molecule has 1 spiro atoms. The van der Waals surface area contributed by atoms with E-state index in [4.69, 9.17) is 11.6 Å². The first-order valence-corrected chi connectivity index (χ1v) is 11.5. The Kier molecular flexibility index (Phi) is 4.65. The highest BCUT2D eigenvalue weighted by atomic mass is 35.5. The van der Waals surface area contributed by atoms with Gasteiger partial charge >= 0.3 is 0 Å². The van der Waals surface area contributed by atoms with Crippen molar-refractivity contribution in [2.75, 3.05) is 17.2 Å². The van der Waals surface area contributed by atoms with Gasteiger partial charge in [-0.15, -0.1) is 23.1 Å². The number of fused-ring (bicyclic) bond motifs is 2. The van der Waals surface area contributed by atoms with Crippen LogP contribution in [0.3, 0.4) is 0 Å². The Morgan fingerprint density at radius 3 is 2.66 bits per heavy atom. The summed E-state index contributed by atoms with van der Waals surface area (Å²) >= 11 is 9.31. The molecule has 1 atom stereocenters. The molecule has 0 bridgehead atoms. The van der Waals surface area contributed by atoms with E-state index in [9.17, 15) is 9.59 Å². The van der Waals surface area contributed by atoms with Gasteiger partial charge in [-0.3, -0.25) is 9.59 Å². The number of para-hydroxylation sites is 1. The van der Waals surface area contributed by atoms with E-state index in [2.05, 4.69) is 0 Å². The number of benzene rings is 2. The minimum atomic E-state index is -1.01. The second-order valence-electron chi connectivity index (χ2n) is 6.93. The number of carbonyl (C=O) groups excluding carboxylic acids is 2. The molecule has 29 heavy (non-hydrogen) atoms. The molecule has 3 heterocycles. The molecule has 0 N–H and O–H groups in total. The Labute approximate surface area is 182 Å². The third-order valence-corrected chi connectivity index (χ3v) is 8.01. The Morgan fingerprint density at radius 2 is 1.86 bits per heavy atom. The van der Waals surface area contributed by atoms with Crippen LogP contribution in [0.4, 0.5) is 5.69 Å². The van der Waals surface area contributed by atoms with Crippen molar-refractivity contribution in [1.29, 1.82) is 0 Å². The summed E-state index contributed by atoms with van der Waals surface area (Å²) < 4.78 is 0. The van der Waals surface area contributed by atoms with E-state index in [1.807, 2.05) is 66.0 Å². The third kappa shape index (κ3) is 2.81. The maximum atomic E-state index is 13.9. The maximum Gasteiger partial charge on any atom is 0.268 e. The summed E-state index contributed by atoms with van der Waals surface area (Å²) in [4.78, 5) is 30.3. The van der Waals surface area contributed by atoms with Gasteiger partial charge in [0.1, 0.15) is 0 Å². The van der Waals surface area contributed by atoms with Crippen molar-refractivity contribution in [3.05, 3.63) is 87.1 Å². The van der Waals surface area contributed by atoms with Gasteiger partial charge in [-0.2, -0.15) is 0 Å². The zero-order chi connectivity index (χ0) is 20.0. The number of hydrogen-bond donors (Lipinski definition) is 0. The molecule has 7 heteroatoms. The van der Waals surface area contributed by atoms with Crippen LogP contribution in [0.5, 0.6) is 0 Å². The van der Waals surface area contributed by atoms with Crippen LogP contribution < -0.4 is 4.90 Å². The smallest absolute Gasteiger partial charge is 0.268 e. The molecule has 1 aromatic heterocycles. The first-order valence-electron chi connectivity index (χ1n) is 9.27. The zero-order valence-corrected chi connectivity index (χ0v) is 17.8. The minimum Gasteiger partial charge on any atom is -0.310 e. The summed E-state index contributed by atoms with van der Waals surface area (Å²) in [7, 11) is 0. The molecule has 1 saturated heterocycles. The highest BCUT2D eigenvalue weighted by molar-refractivity contribution is 8.01. The van der Waals surface area contributed by atoms with Crippen LogP contribution in [0.15, 0.2) is 66.0 Å². The molecular weight excluding hydrogens is 424 g/mol. The zero-order valence-electron chi connectivity index (χ0n) is 15.4. The topological polar surface area (TPSA) is 40.6 Å². The van der Waals surface area contributed by atoms with Crippen molar-refractivity contribution < 1.29 is 9.59 Å². The van der Waals surface area contributed by atoms with E-state index in [-0.39, 0.29) is 11.8 Å². The molecule has 0 unspecified atom stereocenters. The predicted molar refractivity (Wildman–Crippen MR) is 119 cm³/mol. The number of thiophene rings is 1. The van der Waals surface area contributed by atoms with Crippen molar-refractivity contribution in [2.24, 2.45) is 0 Å². The Bertz CT molecular complexity index is 1100. The molecule has 2 aliphatic rings. The average molecular weight is 441 g/mol. The number of halogens is 1. The monoisotopic (exact) mass is 440 g/mol. The summed E-state index contributed by atoms with van der Waals surface area (Å²) in [6.07, 6.45) is 0. The fourth-order valence-corrected chi connectivity index (χ4v) is 6.38. The van der Waals surface area contributed by atoms with Gasteiger partial charge in [-0.25, -0.2) is 0 Å². The molecule has 1 fully saturated rings. The van der Waals surface area contributed by atoms with Crippen LogP contribution >= 0.6 is 34.7 Å². The second kappa shape index (κ2) is 7.20. The third-order valence-electron chi connectivity index (χ3n) is 5.36. The van der Waals surface area contributed by atoms with Gasteiger partial charge in [0, 0.05) is 22.9 Å². The van der Waals surface area contributed by atoms with E-state index < -0.39 is 4.87 Å². The Hall–Kier alpha value is -2.28. The average Bonchev–Trinajstić information content (AvgIpc) is 3.47. The summed E-state index contributed by atoms with van der Waals surface area (Å²) in [5.74, 6) is 0.552. The number of thioether (sulfide) groups is 1. The first kappa shape index (κ1) is 18.7. The van der Waals surface area contributed by atoms with E-state index in [1.54, 1.807) is 21.6 Å². The Morgan fingerprint density at radius 1 is 1.07 bits per heavy atom. The lowest BCUT2D eigenvalue weighted by Crippen LogP contribution is -2.50. The summed E-state index contributed by atoms with van der Waals surface area (Å²) in [6, 6.07) is 19.0. The van der Waals surface area contributed by atoms with Crippen LogP contribution in [0.25, 0.3) is 0 Å². The molecule has 2 aromatic carbocycles. The summed E-state index contributed by atoms with van der Waals surface area (Å²) in [5.41, 5.74) is 2.61. The van der Waals surface area contributed by atoms with Crippen LogP contribution in [0, 0.1) is 0 Å². The van der Waals surface area contributed by atoms with Gasteiger partial charge in [0.15, 0.2) is 4.87 Å². The van der Waals surface area contributed by atoms with Crippen LogP contribution in [-0.2, 0) is 16.2 Å². The number of hydrogen-bond acceptors (Lipinski definition) is 4. The highest BCUT2D eigenvalue weighted by Crippen LogP contribution is 2.54. The lowest BCUT2D eigenvalue weighted by molar-refractivity contribution is -0.123. The molecule has 3 aromatic rings. The van der Waals surface area contributed by atoms with Crippen LogP contribution in [-0.4, -0.2) is 29.0 Å². The SMILES string of the molecule is O=C(c1cccs1)N1CCS[C@]12C(=O)N(Cc1ccccc1Cl)c1ccccc12. The summed E-state index contributed by atoms with van der Waals surface area (Å²) in [5, 5.41) is 2.52. The normalized spacial score (nSPS) is 20.5. The second-order valence-corrected chi connectivity index (χ2v) is 9.57. The fourth-order valence-electron chi connectivity index (χ4n) is 4.06. The van der Waals surface area contributed by atoms with Crippen molar-refractivity contribution in [1.82, 2.24) is 4.90 Å². The van der Waals surface area contributed by atoms with Gasteiger partial charge < -0.3 is 9.80 Å². The molecule has 0 radical (unpaired) electrons. The van der Waals surface area contributed by atoms with Gasteiger partial charge in [-0.1, -0.05) is 54.1 Å². The van der Waals surface area contributed by atoms with Crippen LogP contribution in [0.1, 0.15) is 20.8 Å². The lowest BCUT2D eigenvalue weighted by Gasteiger charge is -2.33. The number of amides is 2. The molecule has 2 amide bonds. The molecule has 5 rings (SSSR count). The van der Waals surface area contributed by atoms with Crippen molar-refractivity contribution >= 4 is 52.2 Å². The molecule has 4 nitrogen and oxygen atoms in total. The van der Waals surface area contributed by atoms with E-state index in [1.165, 1.54) is 11.3 Å². The molecule has 0 aliphatic carbocycles. The minimum absolute atomic E-state index is 0.0778. The van der Waals surface area contributed by atoms with E-state index in [0.717, 1.165) is 22.6 Å². The van der Waals surface area contributed by atoms with Gasteiger partial charge in [0.2, 0.25) is 0 Å². The molecule has 0 saturated carbocycles. The number of nitrogens with zero attached hydrogens (tertiary/aromatic N) is 2. The van der Waals surface area contributed by atoms with Crippen molar-refractivity contribution in [3.63, 3.8) is 0 Å². The maximum absolute atomic E-state index is 13.9. The van der Waals surface area contributed by atoms with Crippen LogP contribution in [0.2, 0.25) is 5.02 Å². The van der Waals surface area contributed by atoms with Gasteiger partial charge in [0.05, 0.1) is 17.1 Å². The fraction of sp³-hybridized carbons (Fsp3) is 0.182. The molecular formula is C22H17ClN2O2S2. The van der Waals surface area contributed by atoms with Crippen molar-refractivity contribution in [3.8, 4) is 0 Å². The van der Waals surface area contributed by atoms with E-state index >= 15 is 0 Å². The highest BCUT2D eigenvalue weighted by Gasteiger charge is 2.59. The first-order chi connectivity index (χ1) is 14.1. The van der Waals surface area contributed by atoms with Crippen molar-refractivity contribution in [2.45, 2.75) is 11.4 Å². The quantitative estimate of drug-likeness (QED) is 0.576. The molecule has 146 valence electrons. The number of carbonyl (C=O) groups is 2. The Balaban J connectivity index is 1.60. The standard InChI is InChI=1S/C22H17ClN2O2S2/c23-17-8-3-1-6-15(17)14-24-18-9-4-2-7-16(18)22(21(24)27)25(11-13-29-22)20(26)19-10-5-12-28-19/h1-10,12H,11,13-14H2/t22-/m1/s1. The largest absolute Gasteiger partial charge is 0.310 e. The summed E-state index contributed by atoms with van der Waals surface area (Å²) in [6.45, 7) is 0.917. The predicted octanol–water partition coefficient (Wildman–Crippen LogP) is 4.99. The van der Waals surface area contributed by atoms with E-state index in [0.29, 0.717) is 23.0 Å². The van der Waals surface area contributed by atoms with Gasteiger partial charge in [-0.05, 0) is 29.1 Å². The number of rotatable bonds is 3.